The molecule has 6 nitrogen and oxygen atoms in total. The number of likely N-dealkylation sites (tertiary alicyclic amines) is 1. The van der Waals surface area contributed by atoms with E-state index in [1.54, 1.807) is 0 Å². The highest BCUT2D eigenvalue weighted by Gasteiger charge is 2.25. The van der Waals surface area contributed by atoms with E-state index in [1.807, 2.05) is 40.2 Å². The molecule has 1 unspecified atom stereocenters. The van der Waals surface area contributed by atoms with Crippen LogP contribution in [0, 0.1) is 0 Å². The van der Waals surface area contributed by atoms with Crippen molar-refractivity contribution >= 4 is 6.09 Å². The van der Waals surface area contributed by atoms with E-state index >= 15 is 0 Å². The number of hydrogen-bond donors (Lipinski definition) is 1. The molecule has 0 radical (unpaired) electrons. The Labute approximate surface area is 126 Å². The highest BCUT2D eigenvalue weighted by molar-refractivity contribution is 5.68. The van der Waals surface area contributed by atoms with Crippen LogP contribution in [0.2, 0.25) is 0 Å². The third kappa shape index (κ3) is 4.20. The Balaban J connectivity index is 2.02. The van der Waals surface area contributed by atoms with Crippen LogP contribution in [0.3, 0.4) is 0 Å². The first kappa shape index (κ1) is 15.8. The van der Waals surface area contributed by atoms with Crippen molar-refractivity contribution in [2.45, 2.75) is 51.8 Å². The summed E-state index contributed by atoms with van der Waals surface area (Å²) in [7, 11) is 2.12. The van der Waals surface area contributed by atoms with E-state index in [0.29, 0.717) is 6.04 Å². The molecule has 0 spiro atoms. The number of nitrogens with one attached hydrogen (secondary N) is 1. The summed E-state index contributed by atoms with van der Waals surface area (Å²) >= 11 is 0. The number of amides is 1. The number of likely N-dealkylation sites (N-methyl/N-ethyl adjacent to an activating group) is 1. The number of carbonyl (C=O) groups excluding carboxylic acids is 1. The third-order valence-corrected chi connectivity index (χ3v) is 3.63. The van der Waals surface area contributed by atoms with Crippen LogP contribution in [0.1, 0.15) is 51.9 Å². The second-order valence-electron chi connectivity index (χ2n) is 6.80. The Hall–Kier alpha value is -1.56. The maximum absolute atomic E-state index is 11.9. The minimum absolute atomic E-state index is 0.131. The van der Waals surface area contributed by atoms with Gasteiger partial charge in [-0.3, -0.25) is 0 Å². The Morgan fingerprint density at radius 1 is 1.52 bits per heavy atom. The van der Waals surface area contributed by atoms with Gasteiger partial charge in [0.05, 0.1) is 24.3 Å². The highest BCUT2D eigenvalue weighted by atomic mass is 16.6. The number of nitrogens with zero attached hydrogens (tertiary/aromatic N) is 3. The molecule has 1 saturated heterocycles. The van der Waals surface area contributed by atoms with Crippen LogP contribution in [-0.2, 0) is 4.74 Å². The van der Waals surface area contributed by atoms with Gasteiger partial charge in [-0.2, -0.15) is 0 Å². The normalized spacial score (nSPS) is 21.3. The van der Waals surface area contributed by atoms with E-state index in [1.165, 1.54) is 0 Å². The van der Waals surface area contributed by atoms with E-state index in [-0.39, 0.29) is 6.04 Å². The van der Waals surface area contributed by atoms with Crippen molar-refractivity contribution in [1.82, 2.24) is 19.8 Å². The number of aromatic nitrogens is 2. The fourth-order valence-corrected chi connectivity index (χ4v) is 2.65. The Morgan fingerprint density at radius 3 is 2.81 bits per heavy atom. The van der Waals surface area contributed by atoms with Crippen molar-refractivity contribution in [3.05, 3.63) is 18.2 Å². The van der Waals surface area contributed by atoms with E-state index in [9.17, 15) is 4.79 Å². The summed E-state index contributed by atoms with van der Waals surface area (Å²) in [4.78, 5) is 18.4. The van der Waals surface area contributed by atoms with Crippen molar-refractivity contribution in [3.8, 4) is 0 Å². The smallest absolute Gasteiger partial charge is 0.408 e. The molecule has 2 atom stereocenters. The average molecular weight is 294 g/mol. The Morgan fingerprint density at radius 2 is 2.24 bits per heavy atom. The zero-order valence-electron chi connectivity index (χ0n) is 13.6. The van der Waals surface area contributed by atoms with Crippen LogP contribution >= 0.6 is 0 Å². The molecule has 1 aliphatic rings. The summed E-state index contributed by atoms with van der Waals surface area (Å²) in [5.74, 6) is 0. The van der Waals surface area contributed by atoms with Gasteiger partial charge in [-0.1, -0.05) is 0 Å². The van der Waals surface area contributed by atoms with Crippen molar-refractivity contribution in [1.29, 1.82) is 0 Å². The number of carbonyl (C=O) groups is 1. The molecule has 2 heterocycles. The van der Waals surface area contributed by atoms with Gasteiger partial charge in [0.1, 0.15) is 5.60 Å². The molecule has 0 aliphatic carbocycles. The molecule has 1 N–H and O–H groups in total. The van der Waals surface area contributed by atoms with Gasteiger partial charge in [-0.25, -0.2) is 9.78 Å². The molecular formula is C15H26N4O2. The molecule has 118 valence electrons. The van der Waals surface area contributed by atoms with Crippen LogP contribution in [-0.4, -0.2) is 46.3 Å². The molecule has 6 heteroatoms. The molecule has 21 heavy (non-hydrogen) atoms. The molecule has 2 rings (SSSR count). The molecular weight excluding hydrogens is 268 g/mol. The summed E-state index contributed by atoms with van der Waals surface area (Å²) in [6.07, 6.45) is 4.39. The van der Waals surface area contributed by atoms with Gasteiger partial charge in [0.2, 0.25) is 0 Å². The second kappa shape index (κ2) is 6.05. The first-order valence-corrected chi connectivity index (χ1v) is 7.46. The maximum atomic E-state index is 11.9. The van der Waals surface area contributed by atoms with Crippen molar-refractivity contribution in [2.75, 3.05) is 20.1 Å². The quantitative estimate of drug-likeness (QED) is 0.929. The molecule has 1 aliphatic heterocycles. The standard InChI is InChI=1S/C15H26N4O2/c1-11(17-14(20)21-15(2,3)4)13-8-16-10-19(13)12-6-7-18(5)9-12/h8,10-12H,6-7,9H2,1-5H3,(H,17,20)/t11-,12?/m0/s1. The monoisotopic (exact) mass is 294 g/mol. The summed E-state index contributed by atoms with van der Waals surface area (Å²) < 4.78 is 7.47. The fourth-order valence-electron chi connectivity index (χ4n) is 2.65. The summed E-state index contributed by atoms with van der Waals surface area (Å²) in [5.41, 5.74) is 0.527. The average Bonchev–Trinajstić information content (AvgIpc) is 2.93. The van der Waals surface area contributed by atoms with E-state index in [2.05, 4.69) is 26.8 Å². The summed E-state index contributed by atoms with van der Waals surface area (Å²) in [6.45, 7) is 9.64. The van der Waals surface area contributed by atoms with E-state index in [0.717, 1.165) is 25.2 Å². The highest BCUT2D eigenvalue weighted by Crippen LogP contribution is 2.24. The Bertz CT molecular complexity index is 492. The van der Waals surface area contributed by atoms with Gasteiger partial charge >= 0.3 is 6.09 Å². The number of alkyl carbamates (subject to hydrolysis) is 1. The second-order valence-corrected chi connectivity index (χ2v) is 6.80. The predicted molar refractivity (Wildman–Crippen MR) is 81.2 cm³/mol. The number of ether oxygens (including phenoxy) is 1. The van der Waals surface area contributed by atoms with Crippen LogP contribution in [0.5, 0.6) is 0 Å². The lowest BCUT2D eigenvalue weighted by atomic mass is 10.2. The number of imidazole rings is 1. The van der Waals surface area contributed by atoms with Gasteiger partial charge in [0.25, 0.3) is 0 Å². The SMILES string of the molecule is C[C@H](NC(=O)OC(C)(C)C)c1cncn1C1CCN(C)C1. The molecule has 0 saturated carbocycles. The number of hydrogen-bond acceptors (Lipinski definition) is 4. The molecule has 0 bridgehead atoms. The lowest BCUT2D eigenvalue weighted by molar-refractivity contribution is 0.0506. The van der Waals surface area contributed by atoms with Crippen LogP contribution in [0.4, 0.5) is 4.79 Å². The molecule has 1 fully saturated rings. The Kier molecular flexibility index (Phi) is 4.56. The third-order valence-electron chi connectivity index (χ3n) is 3.63. The van der Waals surface area contributed by atoms with Gasteiger partial charge in [-0.15, -0.1) is 0 Å². The molecule has 1 aromatic heterocycles. The zero-order chi connectivity index (χ0) is 15.6. The minimum atomic E-state index is -0.488. The van der Waals surface area contributed by atoms with Crippen LogP contribution in [0.25, 0.3) is 0 Å². The predicted octanol–water partition coefficient (Wildman–Crippen LogP) is 2.35. The topological polar surface area (TPSA) is 59.4 Å². The fraction of sp³-hybridized carbons (Fsp3) is 0.733. The van der Waals surface area contributed by atoms with E-state index < -0.39 is 11.7 Å². The van der Waals surface area contributed by atoms with Gasteiger partial charge in [0.15, 0.2) is 0 Å². The van der Waals surface area contributed by atoms with Crippen molar-refractivity contribution in [2.24, 2.45) is 0 Å². The first-order valence-electron chi connectivity index (χ1n) is 7.46. The maximum Gasteiger partial charge on any atom is 0.408 e. The first-order chi connectivity index (χ1) is 9.76. The van der Waals surface area contributed by atoms with Crippen LogP contribution in [0.15, 0.2) is 12.5 Å². The number of rotatable bonds is 3. The van der Waals surface area contributed by atoms with Crippen molar-refractivity contribution in [3.63, 3.8) is 0 Å². The summed E-state index contributed by atoms with van der Waals surface area (Å²) in [5, 5.41) is 2.88. The molecule has 1 amide bonds. The van der Waals surface area contributed by atoms with Crippen LogP contribution < -0.4 is 5.32 Å². The summed E-state index contributed by atoms with van der Waals surface area (Å²) in [6, 6.07) is 0.295. The molecule has 1 aromatic rings. The molecule has 0 aromatic carbocycles. The van der Waals surface area contributed by atoms with Gasteiger partial charge in [-0.05, 0) is 47.7 Å². The van der Waals surface area contributed by atoms with Gasteiger partial charge < -0.3 is 19.5 Å². The van der Waals surface area contributed by atoms with E-state index in [4.69, 9.17) is 4.74 Å². The lowest BCUT2D eigenvalue weighted by Crippen LogP contribution is -2.35. The van der Waals surface area contributed by atoms with Gasteiger partial charge in [0, 0.05) is 12.6 Å². The zero-order valence-corrected chi connectivity index (χ0v) is 13.6. The minimum Gasteiger partial charge on any atom is -0.444 e. The van der Waals surface area contributed by atoms with Crippen molar-refractivity contribution < 1.29 is 9.53 Å². The largest absolute Gasteiger partial charge is 0.444 e. The lowest BCUT2D eigenvalue weighted by Gasteiger charge is -2.23.